The van der Waals surface area contributed by atoms with E-state index in [1.165, 1.54) is 6.33 Å². The molecule has 0 spiro atoms. The van der Waals surface area contributed by atoms with Crippen molar-refractivity contribution in [1.82, 2.24) is 9.97 Å². The molecule has 0 aliphatic rings. The van der Waals surface area contributed by atoms with E-state index in [1.807, 2.05) is 6.92 Å². The molecule has 5 nitrogen and oxygen atoms in total. The normalized spacial score (nSPS) is 10.2. The van der Waals surface area contributed by atoms with Gasteiger partial charge in [-0.1, -0.05) is 23.2 Å². The first-order valence-corrected chi connectivity index (χ1v) is 5.87. The summed E-state index contributed by atoms with van der Waals surface area (Å²) in [5, 5.41) is 4.21. The van der Waals surface area contributed by atoms with Gasteiger partial charge in [-0.15, -0.1) is 0 Å². The van der Waals surface area contributed by atoms with E-state index >= 15 is 0 Å². The molecule has 7 heteroatoms. The third kappa shape index (κ3) is 2.81. The van der Waals surface area contributed by atoms with Crippen LogP contribution in [0.15, 0.2) is 24.5 Å². The number of hydrazine groups is 1. The number of nitrogens with one attached hydrogen (secondary N) is 2. The predicted molar refractivity (Wildman–Crippen MR) is 74.3 cm³/mol. The van der Waals surface area contributed by atoms with E-state index in [-0.39, 0.29) is 0 Å². The minimum absolute atomic E-state index is 0.550. The van der Waals surface area contributed by atoms with Gasteiger partial charge in [0.05, 0.1) is 0 Å². The van der Waals surface area contributed by atoms with Crippen molar-refractivity contribution in [2.75, 3.05) is 10.7 Å². The number of hydrogen-bond donors (Lipinski definition) is 3. The van der Waals surface area contributed by atoms with Gasteiger partial charge in [-0.25, -0.2) is 15.8 Å². The van der Waals surface area contributed by atoms with E-state index in [2.05, 4.69) is 20.7 Å². The van der Waals surface area contributed by atoms with Crippen LogP contribution in [0, 0.1) is 6.92 Å². The van der Waals surface area contributed by atoms with E-state index in [9.17, 15) is 0 Å². The van der Waals surface area contributed by atoms with Crippen LogP contribution in [0.1, 0.15) is 5.56 Å². The summed E-state index contributed by atoms with van der Waals surface area (Å²) in [5.41, 5.74) is 4.05. The van der Waals surface area contributed by atoms with E-state index < -0.39 is 0 Å². The molecule has 0 radical (unpaired) electrons. The smallest absolute Gasteiger partial charge is 0.148 e. The highest BCUT2D eigenvalue weighted by Gasteiger charge is 2.07. The zero-order valence-electron chi connectivity index (χ0n) is 9.54. The lowest BCUT2D eigenvalue weighted by molar-refractivity contribution is 1.11. The fourth-order valence-electron chi connectivity index (χ4n) is 1.48. The molecule has 2 rings (SSSR count). The average molecular weight is 284 g/mol. The Bertz CT molecular complexity index is 553. The molecule has 2 aromatic rings. The highest BCUT2D eigenvalue weighted by molar-refractivity contribution is 6.35. The fourth-order valence-corrected chi connectivity index (χ4v) is 2.01. The summed E-state index contributed by atoms with van der Waals surface area (Å²) in [6, 6.07) is 5.17. The molecular formula is C11H11Cl2N5. The number of nitrogens with two attached hydrogens (primary N) is 1. The van der Waals surface area contributed by atoms with Crippen molar-refractivity contribution >= 4 is 40.5 Å². The van der Waals surface area contributed by atoms with Gasteiger partial charge >= 0.3 is 0 Å². The Morgan fingerprint density at radius 2 is 1.67 bits per heavy atom. The third-order valence-electron chi connectivity index (χ3n) is 2.35. The number of halogens is 2. The number of nitrogen functional groups attached to an aromatic ring is 1. The first-order chi connectivity index (χ1) is 8.60. The minimum atomic E-state index is 0.550. The van der Waals surface area contributed by atoms with Crippen LogP contribution in [0.2, 0.25) is 10.0 Å². The Hall–Kier alpha value is -1.56. The Kier molecular flexibility index (Phi) is 3.86. The molecule has 0 unspecified atom stereocenters. The molecule has 0 aliphatic carbocycles. The van der Waals surface area contributed by atoms with E-state index in [0.717, 1.165) is 11.3 Å². The van der Waals surface area contributed by atoms with Crippen LogP contribution in [0.25, 0.3) is 0 Å². The molecule has 0 aliphatic heterocycles. The summed E-state index contributed by atoms with van der Waals surface area (Å²) in [5.74, 6) is 6.54. The monoisotopic (exact) mass is 283 g/mol. The van der Waals surface area contributed by atoms with Gasteiger partial charge in [0.25, 0.3) is 0 Å². The standard InChI is InChI=1S/C11H11Cl2N5/c1-6-10(15-5-16-11(6)18-14)17-9-3-7(12)2-8(13)4-9/h2-5H,14H2,1H3,(H2,15,16,17,18). The highest BCUT2D eigenvalue weighted by atomic mass is 35.5. The third-order valence-corrected chi connectivity index (χ3v) is 2.78. The second-order valence-electron chi connectivity index (χ2n) is 3.62. The molecule has 0 bridgehead atoms. The van der Waals surface area contributed by atoms with Crippen molar-refractivity contribution < 1.29 is 0 Å². The maximum Gasteiger partial charge on any atom is 0.148 e. The van der Waals surface area contributed by atoms with Crippen molar-refractivity contribution in [3.05, 3.63) is 40.1 Å². The molecule has 94 valence electrons. The number of benzene rings is 1. The maximum absolute atomic E-state index is 5.93. The first-order valence-electron chi connectivity index (χ1n) is 5.11. The van der Waals surface area contributed by atoms with E-state index in [4.69, 9.17) is 29.0 Å². The fraction of sp³-hybridized carbons (Fsp3) is 0.0909. The van der Waals surface area contributed by atoms with Gasteiger partial charge < -0.3 is 10.7 Å². The summed E-state index contributed by atoms with van der Waals surface area (Å²) >= 11 is 11.9. The van der Waals surface area contributed by atoms with Crippen LogP contribution in [-0.4, -0.2) is 9.97 Å². The maximum atomic E-state index is 5.93. The summed E-state index contributed by atoms with van der Waals surface area (Å²) in [4.78, 5) is 8.13. The largest absolute Gasteiger partial charge is 0.340 e. The Morgan fingerprint density at radius 1 is 1.06 bits per heavy atom. The van der Waals surface area contributed by atoms with Gasteiger partial charge in [-0.05, 0) is 25.1 Å². The van der Waals surface area contributed by atoms with Crippen molar-refractivity contribution in [3.63, 3.8) is 0 Å². The van der Waals surface area contributed by atoms with Crippen molar-refractivity contribution in [2.45, 2.75) is 6.92 Å². The van der Waals surface area contributed by atoms with Crippen LogP contribution in [0.5, 0.6) is 0 Å². The van der Waals surface area contributed by atoms with Gasteiger partial charge in [0.15, 0.2) is 0 Å². The number of rotatable bonds is 3. The molecule has 0 saturated carbocycles. The molecule has 18 heavy (non-hydrogen) atoms. The number of hydrogen-bond acceptors (Lipinski definition) is 5. The van der Waals surface area contributed by atoms with Gasteiger partial charge in [0.2, 0.25) is 0 Å². The molecule has 0 fully saturated rings. The van der Waals surface area contributed by atoms with Crippen molar-refractivity contribution in [1.29, 1.82) is 0 Å². The van der Waals surface area contributed by atoms with Gasteiger partial charge in [-0.3, -0.25) is 0 Å². The van der Waals surface area contributed by atoms with E-state index in [0.29, 0.717) is 21.7 Å². The second-order valence-corrected chi connectivity index (χ2v) is 4.50. The number of aromatic nitrogens is 2. The molecule has 1 aromatic heterocycles. The zero-order chi connectivity index (χ0) is 13.1. The molecule has 0 amide bonds. The topological polar surface area (TPSA) is 75.9 Å². The van der Waals surface area contributed by atoms with Gasteiger partial charge in [0.1, 0.15) is 18.0 Å². The first kappa shape index (κ1) is 12.9. The Morgan fingerprint density at radius 3 is 2.28 bits per heavy atom. The lowest BCUT2D eigenvalue weighted by Crippen LogP contribution is -2.11. The van der Waals surface area contributed by atoms with Crippen LogP contribution in [-0.2, 0) is 0 Å². The second kappa shape index (κ2) is 5.39. The lowest BCUT2D eigenvalue weighted by Gasteiger charge is -2.11. The van der Waals surface area contributed by atoms with E-state index in [1.54, 1.807) is 18.2 Å². The molecule has 0 atom stereocenters. The lowest BCUT2D eigenvalue weighted by atomic mass is 10.2. The Labute approximate surface area is 114 Å². The summed E-state index contributed by atoms with van der Waals surface area (Å²) in [7, 11) is 0. The summed E-state index contributed by atoms with van der Waals surface area (Å²) < 4.78 is 0. The molecule has 1 aromatic carbocycles. The Balaban J connectivity index is 2.34. The van der Waals surface area contributed by atoms with Crippen LogP contribution < -0.4 is 16.6 Å². The molecular weight excluding hydrogens is 273 g/mol. The van der Waals surface area contributed by atoms with Gasteiger partial charge in [0, 0.05) is 21.3 Å². The highest BCUT2D eigenvalue weighted by Crippen LogP contribution is 2.26. The van der Waals surface area contributed by atoms with Crippen LogP contribution in [0.4, 0.5) is 17.3 Å². The zero-order valence-corrected chi connectivity index (χ0v) is 11.0. The molecule has 1 heterocycles. The molecule has 4 N–H and O–H groups in total. The van der Waals surface area contributed by atoms with Crippen molar-refractivity contribution in [2.24, 2.45) is 5.84 Å². The summed E-state index contributed by atoms with van der Waals surface area (Å²) in [6.07, 6.45) is 1.41. The SMILES string of the molecule is Cc1c(NN)ncnc1Nc1cc(Cl)cc(Cl)c1. The molecule has 0 saturated heterocycles. The van der Waals surface area contributed by atoms with Crippen LogP contribution in [0.3, 0.4) is 0 Å². The predicted octanol–water partition coefficient (Wildman–Crippen LogP) is 3.12. The van der Waals surface area contributed by atoms with Crippen LogP contribution >= 0.6 is 23.2 Å². The number of nitrogens with zero attached hydrogens (tertiary/aromatic N) is 2. The van der Waals surface area contributed by atoms with Crippen molar-refractivity contribution in [3.8, 4) is 0 Å². The van der Waals surface area contributed by atoms with Gasteiger partial charge in [-0.2, -0.15) is 0 Å². The minimum Gasteiger partial charge on any atom is -0.340 e. The average Bonchev–Trinajstić information content (AvgIpc) is 2.30. The number of anilines is 3. The quantitative estimate of drug-likeness (QED) is 0.596. The summed E-state index contributed by atoms with van der Waals surface area (Å²) in [6.45, 7) is 1.85.